The monoisotopic (exact) mass is 331 g/mol. The summed E-state index contributed by atoms with van der Waals surface area (Å²) in [4.78, 5) is 14.3. The zero-order chi connectivity index (χ0) is 15.8. The number of benzene rings is 1. The third-order valence-electron chi connectivity index (χ3n) is 3.08. The number of nitrogens with zero attached hydrogens (tertiary/aromatic N) is 1. The molecule has 1 aromatic rings. The summed E-state index contributed by atoms with van der Waals surface area (Å²) in [5, 5.41) is 3.57. The second kappa shape index (κ2) is 9.13. The molecule has 3 N–H and O–H groups in total. The fourth-order valence-electron chi connectivity index (χ4n) is 2.15. The van der Waals surface area contributed by atoms with Gasteiger partial charge in [0.25, 0.3) is 0 Å². The minimum absolute atomic E-state index is 0.0943. The minimum Gasteiger partial charge on any atom is -0.397 e. The number of hydrogen-bond donors (Lipinski definition) is 2. The summed E-state index contributed by atoms with van der Waals surface area (Å²) in [5.74, 6) is -0.0943. The normalized spacial score (nSPS) is 10.9. The van der Waals surface area contributed by atoms with Crippen LogP contribution in [-0.2, 0) is 4.79 Å². The van der Waals surface area contributed by atoms with Crippen LogP contribution in [0.1, 0.15) is 33.1 Å². The average molecular weight is 332 g/mol. The third kappa shape index (κ3) is 6.12. The zero-order valence-corrected chi connectivity index (χ0v) is 14.1. The van der Waals surface area contributed by atoms with Gasteiger partial charge >= 0.3 is 0 Å². The number of amides is 1. The summed E-state index contributed by atoms with van der Waals surface area (Å²) >= 11 is 11.9. The molecule has 0 aliphatic rings. The van der Waals surface area contributed by atoms with Crippen molar-refractivity contribution in [3.63, 3.8) is 0 Å². The van der Waals surface area contributed by atoms with Gasteiger partial charge in [-0.2, -0.15) is 0 Å². The van der Waals surface area contributed by atoms with Crippen molar-refractivity contribution in [2.75, 3.05) is 30.7 Å². The number of nitrogens with two attached hydrogens (primary N) is 1. The van der Waals surface area contributed by atoms with Crippen molar-refractivity contribution >= 4 is 40.5 Å². The van der Waals surface area contributed by atoms with E-state index in [1.54, 1.807) is 12.1 Å². The summed E-state index contributed by atoms with van der Waals surface area (Å²) in [5.41, 5.74) is 6.64. The quantitative estimate of drug-likeness (QED) is 0.707. The van der Waals surface area contributed by atoms with Gasteiger partial charge in [-0.15, -0.1) is 0 Å². The van der Waals surface area contributed by atoms with E-state index in [1.165, 1.54) is 0 Å². The molecule has 21 heavy (non-hydrogen) atoms. The van der Waals surface area contributed by atoms with Gasteiger partial charge in [0.2, 0.25) is 5.91 Å². The van der Waals surface area contributed by atoms with E-state index in [1.807, 2.05) is 0 Å². The Morgan fingerprint density at radius 2 is 1.81 bits per heavy atom. The van der Waals surface area contributed by atoms with Gasteiger partial charge in [-0.05, 0) is 38.1 Å². The number of carbonyl (C=O) groups is 1. The molecule has 0 saturated carbocycles. The van der Waals surface area contributed by atoms with Gasteiger partial charge < -0.3 is 16.0 Å². The van der Waals surface area contributed by atoms with Crippen LogP contribution in [-0.4, -0.2) is 30.4 Å². The number of nitrogens with one attached hydrogen (secondary N) is 1. The molecule has 1 amide bonds. The van der Waals surface area contributed by atoms with Crippen LogP contribution in [0.15, 0.2) is 12.1 Å². The molecule has 1 rings (SSSR count). The van der Waals surface area contributed by atoms with Gasteiger partial charge in [-0.25, -0.2) is 0 Å². The number of rotatable bonds is 8. The zero-order valence-electron chi connectivity index (χ0n) is 12.6. The summed E-state index contributed by atoms with van der Waals surface area (Å²) in [7, 11) is 0. The molecule has 0 aliphatic carbocycles. The van der Waals surface area contributed by atoms with Crippen molar-refractivity contribution in [1.29, 1.82) is 0 Å². The highest BCUT2D eigenvalue weighted by Crippen LogP contribution is 2.32. The van der Waals surface area contributed by atoms with Gasteiger partial charge in [0, 0.05) is 18.0 Å². The predicted octanol–water partition coefficient (Wildman–Crippen LogP) is 4.03. The van der Waals surface area contributed by atoms with E-state index in [4.69, 9.17) is 28.9 Å². The van der Waals surface area contributed by atoms with Crippen molar-refractivity contribution < 1.29 is 4.79 Å². The third-order valence-corrected chi connectivity index (χ3v) is 3.60. The van der Waals surface area contributed by atoms with Crippen LogP contribution in [0.3, 0.4) is 0 Å². The molecule has 0 fully saturated rings. The van der Waals surface area contributed by atoms with Crippen LogP contribution < -0.4 is 11.1 Å². The van der Waals surface area contributed by atoms with Crippen LogP contribution in [0.25, 0.3) is 0 Å². The number of anilines is 2. The largest absolute Gasteiger partial charge is 0.397 e. The van der Waals surface area contributed by atoms with E-state index in [0.717, 1.165) is 32.5 Å². The fourth-order valence-corrected chi connectivity index (χ4v) is 2.71. The van der Waals surface area contributed by atoms with E-state index in [9.17, 15) is 4.79 Å². The van der Waals surface area contributed by atoms with E-state index < -0.39 is 0 Å². The lowest BCUT2D eigenvalue weighted by Crippen LogP contribution is -2.29. The minimum atomic E-state index is -0.0943. The first-order valence-electron chi connectivity index (χ1n) is 7.24. The van der Waals surface area contributed by atoms with Crippen LogP contribution in [0, 0.1) is 0 Å². The maximum absolute atomic E-state index is 12.0. The van der Waals surface area contributed by atoms with E-state index in [2.05, 4.69) is 24.1 Å². The molecule has 118 valence electrons. The molecule has 0 aliphatic heterocycles. The first kappa shape index (κ1) is 18.1. The molecule has 0 aromatic heterocycles. The van der Waals surface area contributed by atoms with Crippen molar-refractivity contribution in [3.8, 4) is 0 Å². The molecule has 0 saturated heterocycles. The summed E-state index contributed by atoms with van der Waals surface area (Å²) < 4.78 is 0. The average Bonchev–Trinajstić information content (AvgIpc) is 2.40. The number of carbonyl (C=O) groups excluding carboxylic acids is 1. The Hall–Kier alpha value is -0.970. The summed E-state index contributed by atoms with van der Waals surface area (Å²) in [6, 6.07) is 3.14. The van der Waals surface area contributed by atoms with Crippen molar-refractivity contribution in [2.45, 2.75) is 33.1 Å². The predicted molar refractivity (Wildman–Crippen MR) is 91.1 cm³/mol. The maximum atomic E-state index is 12.0. The second-order valence-corrected chi connectivity index (χ2v) is 5.84. The smallest absolute Gasteiger partial charge is 0.225 e. The molecular formula is C15H23Cl2N3O. The fraction of sp³-hybridized carbons (Fsp3) is 0.533. The maximum Gasteiger partial charge on any atom is 0.225 e. The standard InChI is InChI=1S/C15H23Cl2N3O/c1-3-6-20(7-4-2)8-5-14(21)19-15-12(17)9-11(16)10-13(15)18/h9-10H,3-8,18H2,1-2H3,(H,19,21). The Labute approximate surface area is 136 Å². The number of nitrogen functional groups attached to an aromatic ring is 1. The summed E-state index contributed by atoms with van der Waals surface area (Å²) in [6.07, 6.45) is 2.58. The topological polar surface area (TPSA) is 58.4 Å². The Morgan fingerprint density at radius 3 is 2.33 bits per heavy atom. The highest BCUT2D eigenvalue weighted by Gasteiger charge is 2.12. The van der Waals surface area contributed by atoms with Crippen molar-refractivity contribution in [3.05, 3.63) is 22.2 Å². The molecule has 4 nitrogen and oxygen atoms in total. The van der Waals surface area contributed by atoms with Crippen LogP contribution in [0.2, 0.25) is 10.0 Å². The first-order valence-corrected chi connectivity index (χ1v) is 8.00. The second-order valence-electron chi connectivity index (χ2n) is 4.99. The van der Waals surface area contributed by atoms with E-state index in [0.29, 0.717) is 27.8 Å². The van der Waals surface area contributed by atoms with Gasteiger partial charge in [-0.1, -0.05) is 37.0 Å². The first-order chi connectivity index (χ1) is 9.97. The molecule has 0 bridgehead atoms. The highest BCUT2D eigenvalue weighted by molar-refractivity contribution is 6.37. The van der Waals surface area contributed by atoms with E-state index >= 15 is 0 Å². The lowest BCUT2D eigenvalue weighted by Gasteiger charge is -2.20. The molecular weight excluding hydrogens is 309 g/mol. The summed E-state index contributed by atoms with van der Waals surface area (Å²) in [6.45, 7) is 7.02. The SMILES string of the molecule is CCCN(CCC)CCC(=O)Nc1c(N)cc(Cl)cc1Cl. The van der Waals surface area contributed by atoms with E-state index in [-0.39, 0.29) is 5.91 Å². The molecule has 0 heterocycles. The Bertz CT molecular complexity index is 451. The Kier molecular flexibility index (Phi) is 7.86. The molecule has 0 radical (unpaired) electrons. The highest BCUT2D eigenvalue weighted by atomic mass is 35.5. The molecule has 1 aromatic carbocycles. The molecule has 0 unspecified atom stereocenters. The lowest BCUT2D eigenvalue weighted by molar-refractivity contribution is -0.116. The Morgan fingerprint density at radius 1 is 1.19 bits per heavy atom. The molecule has 0 spiro atoms. The van der Waals surface area contributed by atoms with Gasteiger partial charge in [0.1, 0.15) is 0 Å². The van der Waals surface area contributed by atoms with Gasteiger partial charge in [0.05, 0.1) is 16.4 Å². The van der Waals surface area contributed by atoms with Crippen LogP contribution >= 0.6 is 23.2 Å². The van der Waals surface area contributed by atoms with Crippen LogP contribution in [0.5, 0.6) is 0 Å². The molecule has 6 heteroatoms. The van der Waals surface area contributed by atoms with Gasteiger partial charge in [-0.3, -0.25) is 4.79 Å². The molecule has 0 atom stereocenters. The van der Waals surface area contributed by atoms with Gasteiger partial charge in [0.15, 0.2) is 0 Å². The number of hydrogen-bond acceptors (Lipinski definition) is 3. The van der Waals surface area contributed by atoms with Crippen molar-refractivity contribution in [1.82, 2.24) is 4.90 Å². The number of halogens is 2. The lowest BCUT2D eigenvalue weighted by atomic mass is 10.2. The van der Waals surface area contributed by atoms with Crippen molar-refractivity contribution in [2.24, 2.45) is 0 Å². The van der Waals surface area contributed by atoms with Crippen LogP contribution in [0.4, 0.5) is 11.4 Å². The Balaban J connectivity index is 2.57.